The molecule has 0 amide bonds. The van der Waals surface area contributed by atoms with Crippen LogP contribution in [0.4, 0.5) is 0 Å². The largest absolute Gasteiger partial charge is 0.330 e. The molecule has 2 aromatic carbocycles. The second-order valence-corrected chi connectivity index (χ2v) is 4.97. The third kappa shape index (κ3) is 3.55. The zero-order chi connectivity index (χ0) is 14.4. The van der Waals surface area contributed by atoms with Crippen molar-refractivity contribution in [3.8, 4) is 0 Å². The normalized spacial score (nSPS) is 10.5. The van der Waals surface area contributed by atoms with Gasteiger partial charge in [0.1, 0.15) is 0 Å². The van der Waals surface area contributed by atoms with E-state index in [1.807, 2.05) is 36.4 Å². The van der Waals surface area contributed by atoms with Crippen LogP contribution in [0.3, 0.4) is 0 Å². The molecule has 0 aliphatic heterocycles. The number of benzene rings is 2. The highest BCUT2D eigenvalue weighted by molar-refractivity contribution is 5.98. The predicted molar refractivity (Wildman–Crippen MR) is 83.1 cm³/mol. The molecule has 0 saturated carbocycles. The summed E-state index contributed by atoms with van der Waals surface area (Å²) in [4.78, 5) is 12.4. The number of carbonyl (C=O) groups excluding carboxylic acids is 1. The van der Waals surface area contributed by atoms with E-state index in [1.165, 1.54) is 5.56 Å². The molecule has 0 heterocycles. The first-order valence-corrected chi connectivity index (χ1v) is 7.13. The van der Waals surface area contributed by atoms with Gasteiger partial charge in [-0.25, -0.2) is 0 Å². The van der Waals surface area contributed by atoms with Crippen LogP contribution < -0.4 is 5.73 Å². The fourth-order valence-corrected chi connectivity index (χ4v) is 2.34. The number of rotatable bonds is 6. The summed E-state index contributed by atoms with van der Waals surface area (Å²) in [6.07, 6.45) is 2.22. The third-order valence-corrected chi connectivity index (χ3v) is 3.53. The Labute approximate surface area is 120 Å². The van der Waals surface area contributed by atoms with Gasteiger partial charge in [0.2, 0.25) is 0 Å². The van der Waals surface area contributed by atoms with E-state index < -0.39 is 0 Å². The second-order valence-electron chi connectivity index (χ2n) is 4.97. The minimum Gasteiger partial charge on any atom is -0.330 e. The Balaban J connectivity index is 2.15. The highest BCUT2D eigenvalue weighted by Crippen LogP contribution is 2.14. The van der Waals surface area contributed by atoms with Crippen molar-refractivity contribution in [1.82, 2.24) is 0 Å². The zero-order valence-corrected chi connectivity index (χ0v) is 11.9. The molecule has 104 valence electrons. The Morgan fingerprint density at radius 1 is 1.00 bits per heavy atom. The number of carbonyl (C=O) groups is 1. The van der Waals surface area contributed by atoms with Gasteiger partial charge in [0.05, 0.1) is 0 Å². The summed E-state index contributed by atoms with van der Waals surface area (Å²) < 4.78 is 0. The van der Waals surface area contributed by atoms with E-state index in [0.717, 1.165) is 29.5 Å². The predicted octanol–water partition coefficient (Wildman–Crippen LogP) is 3.18. The molecule has 2 N–H and O–H groups in total. The summed E-state index contributed by atoms with van der Waals surface area (Å²) in [6, 6.07) is 16.0. The van der Waals surface area contributed by atoms with Crippen LogP contribution in [0.2, 0.25) is 0 Å². The third-order valence-electron chi connectivity index (χ3n) is 3.53. The number of hydrogen-bond donors (Lipinski definition) is 1. The van der Waals surface area contributed by atoms with Gasteiger partial charge in [-0.2, -0.15) is 0 Å². The Morgan fingerprint density at radius 3 is 2.30 bits per heavy atom. The van der Waals surface area contributed by atoms with E-state index in [4.69, 9.17) is 5.73 Å². The lowest BCUT2D eigenvalue weighted by Crippen LogP contribution is -2.10. The lowest BCUT2D eigenvalue weighted by Gasteiger charge is -2.08. The van der Waals surface area contributed by atoms with Crippen molar-refractivity contribution in [3.63, 3.8) is 0 Å². The summed E-state index contributed by atoms with van der Waals surface area (Å²) >= 11 is 0. The van der Waals surface area contributed by atoms with Crippen molar-refractivity contribution in [2.24, 2.45) is 5.73 Å². The maximum atomic E-state index is 12.4. The quantitative estimate of drug-likeness (QED) is 0.817. The second kappa shape index (κ2) is 7.01. The molecule has 0 aromatic heterocycles. The van der Waals surface area contributed by atoms with E-state index in [9.17, 15) is 4.79 Å². The molecule has 0 fully saturated rings. The molecule has 2 rings (SSSR count). The van der Waals surface area contributed by atoms with Crippen LogP contribution in [0.25, 0.3) is 0 Å². The summed E-state index contributed by atoms with van der Waals surface area (Å²) in [7, 11) is 0. The topological polar surface area (TPSA) is 43.1 Å². The molecular formula is C18H21NO. The summed E-state index contributed by atoms with van der Waals surface area (Å²) in [5.74, 6) is 0.165. The van der Waals surface area contributed by atoms with E-state index >= 15 is 0 Å². The highest BCUT2D eigenvalue weighted by Gasteiger charge is 2.11. The number of nitrogens with two attached hydrogens (primary N) is 1. The van der Waals surface area contributed by atoms with Crippen molar-refractivity contribution in [2.75, 3.05) is 6.54 Å². The first kappa shape index (κ1) is 14.5. The summed E-state index contributed by atoms with van der Waals surface area (Å²) in [6.45, 7) is 2.69. The van der Waals surface area contributed by atoms with Crippen LogP contribution in [0.15, 0.2) is 48.5 Å². The van der Waals surface area contributed by atoms with Gasteiger partial charge >= 0.3 is 0 Å². The maximum absolute atomic E-state index is 12.4. The van der Waals surface area contributed by atoms with E-state index in [1.54, 1.807) is 0 Å². The van der Waals surface area contributed by atoms with Crippen LogP contribution in [-0.4, -0.2) is 12.3 Å². The SMILES string of the molecule is CCc1ccc(CC(=O)c2ccccc2CCN)cc1. The molecule has 0 saturated heterocycles. The Bertz CT molecular complexity index is 572. The standard InChI is InChI=1S/C18H21NO/c1-2-14-7-9-15(10-8-14)13-18(20)17-6-4-3-5-16(17)11-12-19/h3-10H,2,11-13,19H2,1H3. The molecule has 2 heteroatoms. The molecule has 0 aliphatic carbocycles. The van der Waals surface area contributed by atoms with Crippen molar-refractivity contribution >= 4 is 5.78 Å². The number of Topliss-reactive ketones (excluding diaryl/α,β-unsaturated/α-hetero) is 1. The van der Waals surface area contributed by atoms with Gasteiger partial charge < -0.3 is 5.73 Å². The Morgan fingerprint density at radius 2 is 1.65 bits per heavy atom. The van der Waals surface area contributed by atoms with Gasteiger partial charge in [-0.05, 0) is 36.1 Å². The molecule has 20 heavy (non-hydrogen) atoms. The van der Waals surface area contributed by atoms with Crippen molar-refractivity contribution in [2.45, 2.75) is 26.2 Å². The minimum absolute atomic E-state index is 0.165. The average molecular weight is 267 g/mol. The number of aryl methyl sites for hydroxylation is 1. The zero-order valence-electron chi connectivity index (χ0n) is 11.9. The number of ketones is 1. The molecule has 0 spiro atoms. The van der Waals surface area contributed by atoms with Crippen molar-refractivity contribution < 1.29 is 4.79 Å². The molecular weight excluding hydrogens is 246 g/mol. The monoisotopic (exact) mass is 267 g/mol. The molecule has 0 bridgehead atoms. The molecule has 2 nitrogen and oxygen atoms in total. The fourth-order valence-electron chi connectivity index (χ4n) is 2.34. The highest BCUT2D eigenvalue weighted by atomic mass is 16.1. The Kier molecular flexibility index (Phi) is 5.08. The van der Waals surface area contributed by atoms with Gasteiger partial charge in [-0.3, -0.25) is 4.79 Å². The van der Waals surface area contributed by atoms with Gasteiger partial charge in [0, 0.05) is 12.0 Å². The van der Waals surface area contributed by atoms with Crippen LogP contribution in [0.5, 0.6) is 0 Å². The number of hydrogen-bond acceptors (Lipinski definition) is 2. The lowest BCUT2D eigenvalue weighted by molar-refractivity contribution is 0.0992. The molecule has 0 unspecified atom stereocenters. The molecule has 0 atom stereocenters. The van der Waals surface area contributed by atoms with E-state index in [2.05, 4.69) is 19.1 Å². The first-order valence-electron chi connectivity index (χ1n) is 7.13. The van der Waals surface area contributed by atoms with Crippen LogP contribution in [0.1, 0.15) is 34.0 Å². The van der Waals surface area contributed by atoms with Crippen molar-refractivity contribution in [1.29, 1.82) is 0 Å². The molecule has 0 aliphatic rings. The van der Waals surface area contributed by atoms with Crippen molar-refractivity contribution in [3.05, 3.63) is 70.8 Å². The van der Waals surface area contributed by atoms with Crippen LogP contribution in [-0.2, 0) is 19.3 Å². The van der Waals surface area contributed by atoms with Crippen LogP contribution >= 0.6 is 0 Å². The molecule has 0 radical (unpaired) electrons. The summed E-state index contributed by atoms with van der Waals surface area (Å²) in [5, 5.41) is 0. The Hall–Kier alpha value is -1.93. The average Bonchev–Trinajstić information content (AvgIpc) is 2.49. The van der Waals surface area contributed by atoms with Gasteiger partial charge in [-0.15, -0.1) is 0 Å². The molecule has 2 aromatic rings. The summed E-state index contributed by atoms with van der Waals surface area (Å²) in [5.41, 5.74) is 9.81. The first-order chi connectivity index (χ1) is 9.74. The van der Waals surface area contributed by atoms with E-state index in [0.29, 0.717) is 13.0 Å². The van der Waals surface area contributed by atoms with E-state index in [-0.39, 0.29) is 5.78 Å². The smallest absolute Gasteiger partial charge is 0.167 e. The van der Waals surface area contributed by atoms with Gasteiger partial charge in [0.25, 0.3) is 0 Å². The fraction of sp³-hybridized carbons (Fsp3) is 0.278. The maximum Gasteiger partial charge on any atom is 0.167 e. The minimum atomic E-state index is 0.165. The van der Waals surface area contributed by atoms with Crippen LogP contribution in [0, 0.1) is 0 Å². The van der Waals surface area contributed by atoms with Gasteiger partial charge in [0.15, 0.2) is 5.78 Å². The van der Waals surface area contributed by atoms with Gasteiger partial charge in [-0.1, -0.05) is 55.5 Å². The lowest BCUT2D eigenvalue weighted by atomic mass is 9.96.